The predicted molar refractivity (Wildman–Crippen MR) is 80.2 cm³/mol. The van der Waals surface area contributed by atoms with Crippen molar-refractivity contribution >= 4 is 23.8 Å². The van der Waals surface area contributed by atoms with Gasteiger partial charge in [-0.1, -0.05) is 12.1 Å². The van der Waals surface area contributed by atoms with Gasteiger partial charge in [-0.05, 0) is 49.4 Å². The maximum atomic E-state index is 11.3. The maximum Gasteiger partial charge on any atom is 0.342 e. The lowest BCUT2D eigenvalue weighted by atomic mass is 10.2. The summed E-state index contributed by atoms with van der Waals surface area (Å²) in [6, 6.07) is 7.21. The third-order valence-corrected chi connectivity index (χ3v) is 3.36. The van der Waals surface area contributed by atoms with Crippen LogP contribution in [0.25, 0.3) is 6.08 Å². The number of H-pyrrole nitrogens is 1. The molecule has 0 radical (unpaired) electrons. The van der Waals surface area contributed by atoms with Gasteiger partial charge < -0.3 is 9.84 Å². The van der Waals surface area contributed by atoms with Crippen LogP contribution in [0.4, 0.5) is 0 Å². The van der Waals surface area contributed by atoms with Crippen molar-refractivity contribution < 1.29 is 14.6 Å². The van der Waals surface area contributed by atoms with Crippen LogP contribution in [0, 0.1) is 6.92 Å². The number of carboxylic acid groups (broad SMARTS) is 1. The summed E-state index contributed by atoms with van der Waals surface area (Å²) in [5, 5.41) is 16.2. The Bertz CT molecular complexity index is 650. The van der Waals surface area contributed by atoms with Gasteiger partial charge in [0.05, 0.1) is 6.61 Å². The molecule has 1 heterocycles. The van der Waals surface area contributed by atoms with Gasteiger partial charge in [0.2, 0.25) is 5.16 Å². The van der Waals surface area contributed by atoms with E-state index in [0.29, 0.717) is 17.6 Å². The number of rotatable bonds is 6. The van der Waals surface area contributed by atoms with Gasteiger partial charge in [0.15, 0.2) is 0 Å². The van der Waals surface area contributed by atoms with Crippen molar-refractivity contribution in [2.45, 2.75) is 19.0 Å². The first-order valence-corrected chi connectivity index (χ1v) is 7.15. The number of hydrogen-bond donors (Lipinski definition) is 2. The molecule has 21 heavy (non-hydrogen) atoms. The van der Waals surface area contributed by atoms with Crippen molar-refractivity contribution in [3.05, 3.63) is 40.6 Å². The summed E-state index contributed by atoms with van der Waals surface area (Å²) in [5.41, 5.74) is 0.774. The zero-order chi connectivity index (χ0) is 15.2. The number of hydrogen-bond acceptors (Lipinski definition) is 5. The second kappa shape index (κ2) is 6.94. The van der Waals surface area contributed by atoms with Crippen molar-refractivity contribution in [1.82, 2.24) is 15.2 Å². The fourth-order valence-corrected chi connectivity index (χ4v) is 2.33. The molecule has 0 amide bonds. The van der Waals surface area contributed by atoms with Gasteiger partial charge in [-0.15, -0.1) is 5.10 Å². The van der Waals surface area contributed by atoms with Crippen LogP contribution in [0.2, 0.25) is 0 Å². The molecule has 0 spiro atoms. The summed E-state index contributed by atoms with van der Waals surface area (Å²) in [6.07, 6.45) is 1.58. The van der Waals surface area contributed by atoms with Gasteiger partial charge in [0.25, 0.3) is 0 Å². The second-order valence-electron chi connectivity index (χ2n) is 4.12. The van der Waals surface area contributed by atoms with Crippen molar-refractivity contribution in [2.24, 2.45) is 0 Å². The molecule has 2 N–H and O–H groups in total. The smallest absolute Gasteiger partial charge is 0.342 e. The van der Waals surface area contributed by atoms with E-state index in [1.165, 1.54) is 0 Å². The Morgan fingerprint density at radius 2 is 2.14 bits per heavy atom. The highest BCUT2D eigenvalue weighted by Gasteiger charge is 2.12. The second-order valence-corrected chi connectivity index (χ2v) is 5.13. The lowest BCUT2D eigenvalue weighted by Gasteiger charge is -2.03. The lowest BCUT2D eigenvalue weighted by Crippen LogP contribution is -1.97. The molecule has 0 saturated carbocycles. The van der Waals surface area contributed by atoms with Crippen LogP contribution in [-0.2, 0) is 4.79 Å². The number of nitrogens with one attached hydrogen (secondary N) is 1. The Hall–Kier alpha value is -2.28. The number of aliphatic carboxylic acids is 1. The van der Waals surface area contributed by atoms with Crippen molar-refractivity contribution in [3.63, 3.8) is 0 Å². The third kappa shape index (κ3) is 4.35. The molecule has 2 aromatic rings. The van der Waals surface area contributed by atoms with Crippen LogP contribution in [0.15, 0.2) is 34.3 Å². The Morgan fingerprint density at radius 3 is 2.67 bits per heavy atom. The van der Waals surface area contributed by atoms with Crippen LogP contribution in [-0.4, -0.2) is 32.9 Å². The maximum absolute atomic E-state index is 11.3. The van der Waals surface area contributed by atoms with Crippen molar-refractivity contribution in [1.29, 1.82) is 0 Å². The molecule has 110 valence electrons. The number of carboxylic acids is 1. The largest absolute Gasteiger partial charge is 0.494 e. The first kappa shape index (κ1) is 15.1. The number of benzene rings is 1. The number of thioether (sulfide) groups is 1. The fraction of sp³-hybridized carbons (Fsp3) is 0.214. The van der Waals surface area contributed by atoms with E-state index in [4.69, 9.17) is 4.74 Å². The molecule has 0 aliphatic carbocycles. The first-order chi connectivity index (χ1) is 10.1. The molecule has 1 aromatic carbocycles. The van der Waals surface area contributed by atoms with E-state index >= 15 is 0 Å². The van der Waals surface area contributed by atoms with Crippen molar-refractivity contribution in [3.8, 4) is 5.75 Å². The number of ether oxygens (including phenoxy) is 1. The van der Waals surface area contributed by atoms with Crippen LogP contribution in [0.1, 0.15) is 18.3 Å². The zero-order valence-electron chi connectivity index (χ0n) is 11.7. The van der Waals surface area contributed by atoms with Gasteiger partial charge in [0, 0.05) is 0 Å². The van der Waals surface area contributed by atoms with Gasteiger partial charge in [0.1, 0.15) is 16.5 Å². The Balaban J connectivity index is 2.18. The number of carbonyl (C=O) groups is 1. The molecule has 0 unspecified atom stereocenters. The molecule has 7 heteroatoms. The Labute approximate surface area is 126 Å². The van der Waals surface area contributed by atoms with E-state index in [2.05, 4.69) is 15.2 Å². The molecule has 0 aliphatic heterocycles. The van der Waals surface area contributed by atoms with Gasteiger partial charge in [-0.3, -0.25) is 5.10 Å². The van der Waals surface area contributed by atoms with Crippen LogP contribution in [0.3, 0.4) is 0 Å². The predicted octanol–water partition coefficient (Wildman–Crippen LogP) is 2.73. The molecule has 2 rings (SSSR count). The molecule has 1 aromatic heterocycles. The Morgan fingerprint density at radius 1 is 1.43 bits per heavy atom. The summed E-state index contributed by atoms with van der Waals surface area (Å²) >= 11 is 1.00. The average molecular weight is 305 g/mol. The SMILES string of the molecule is CCOc1ccc(/C=C(\Sc2n[nH]c(C)n2)C(=O)O)cc1. The topological polar surface area (TPSA) is 88.1 Å². The van der Waals surface area contributed by atoms with Gasteiger partial charge >= 0.3 is 5.97 Å². The summed E-state index contributed by atoms with van der Waals surface area (Å²) in [6.45, 7) is 4.26. The monoisotopic (exact) mass is 305 g/mol. The fourth-order valence-electron chi connectivity index (χ4n) is 1.58. The quantitative estimate of drug-likeness (QED) is 0.630. The molecule has 0 aliphatic rings. The van der Waals surface area contributed by atoms with E-state index < -0.39 is 5.97 Å². The van der Waals surface area contributed by atoms with Crippen LogP contribution >= 0.6 is 11.8 Å². The van der Waals surface area contributed by atoms with Gasteiger partial charge in [-0.25, -0.2) is 9.78 Å². The number of nitrogens with zero attached hydrogens (tertiary/aromatic N) is 2. The minimum atomic E-state index is -1.02. The van der Waals surface area contributed by atoms with Gasteiger partial charge in [-0.2, -0.15) is 0 Å². The molecule has 0 saturated heterocycles. The molecule has 6 nitrogen and oxygen atoms in total. The number of aromatic nitrogens is 3. The summed E-state index contributed by atoms with van der Waals surface area (Å²) in [5.74, 6) is 0.378. The summed E-state index contributed by atoms with van der Waals surface area (Å²) in [4.78, 5) is 15.5. The van der Waals surface area contributed by atoms with E-state index in [1.54, 1.807) is 37.3 Å². The highest BCUT2D eigenvalue weighted by molar-refractivity contribution is 8.04. The highest BCUT2D eigenvalue weighted by atomic mass is 32.2. The van der Waals surface area contributed by atoms with Crippen LogP contribution in [0.5, 0.6) is 5.75 Å². The summed E-state index contributed by atoms with van der Waals surface area (Å²) < 4.78 is 5.35. The number of aromatic amines is 1. The zero-order valence-corrected chi connectivity index (χ0v) is 12.5. The minimum absolute atomic E-state index is 0.151. The highest BCUT2D eigenvalue weighted by Crippen LogP contribution is 2.26. The normalized spacial score (nSPS) is 11.4. The third-order valence-electron chi connectivity index (χ3n) is 2.48. The van der Waals surface area contributed by atoms with Crippen molar-refractivity contribution in [2.75, 3.05) is 6.61 Å². The number of aryl methyl sites for hydroxylation is 1. The standard InChI is InChI=1S/C14H15N3O3S/c1-3-20-11-6-4-10(5-7-11)8-12(13(18)19)21-14-15-9(2)16-17-14/h4-8H,3H2,1-2H3,(H,18,19)(H,15,16,17)/b12-8-. The van der Waals surface area contributed by atoms with Crippen LogP contribution < -0.4 is 4.74 Å². The average Bonchev–Trinajstić information content (AvgIpc) is 2.86. The summed E-state index contributed by atoms with van der Waals surface area (Å²) in [7, 11) is 0. The van der Waals surface area contributed by atoms with E-state index in [-0.39, 0.29) is 4.91 Å². The molecule has 0 atom stereocenters. The minimum Gasteiger partial charge on any atom is -0.494 e. The van der Waals surface area contributed by atoms with E-state index in [0.717, 1.165) is 23.1 Å². The van der Waals surface area contributed by atoms with E-state index in [9.17, 15) is 9.90 Å². The lowest BCUT2D eigenvalue weighted by molar-refractivity contribution is -0.131. The molecule has 0 fully saturated rings. The molecule has 0 bridgehead atoms. The van der Waals surface area contributed by atoms with E-state index in [1.807, 2.05) is 6.92 Å². The molecular weight excluding hydrogens is 290 g/mol. The Kier molecular flexibility index (Phi) is 4.99. The first-order valence-electron chi connectivity index (χ1n) is 6.33. The molecular formula is C14H15N3O3S.